The minimum atomic E-state index is 0.00136. The van der Waals surface area contributed by atoms with Gasteiger partial charge in [-0.3, -0.25) is 0 Å². The largest absolute Gasteiger partial charge is 0.321 e. The Hall–Kier alpha value is -2.12. The van der Waals surface area contributed by atoms with Crippen molar-refractivity contribution in [1.82, 2.24) is 0 Å². The van der Waals surface area contributed by atoms with Gasteiger partial charge in [0.1, 0.15) is 0 Å². The van der Waals surface area contributed by atoms with Crippen LogP contribution in [0, 0.1) is 0 Å². The molecule has 18 heavy (non-hydrogen) atoms. The van der Waals surface area contributed by atoms with E-state index < -0.39 is 0 Å². The highest BCUT2D eigenvalue weighted by Gasteiger charge is 2.05. The summed E-state index contributed by atoms with van der Waals surface area (Å²) in [5, 5.41) is 2.53. The van der Waals surface area contributed by atoms with E-state index in [1.807, 2.05) is 18.2 Å². The number of hydrogen-bond acceptors (Lipinski definition) is 1. The van der Waals surface area contributed by atoms with Crippen molar-refractivity contribution in [2.24, 2.45) is 5.73 Å². The van der Waals surface area contributed by atoms with Crippen LogP contribution >= 0.6 is 0 Å². The molecule has 1 unspecified atom stereocenters. The average molecular weight is 233 g/mol. The number of rotatable bonds is 1. The van der Waals surface area contributed by atoms with Crippen molar-refractivity contribution in [2.45, 2.75) is 6.04 Å². The molecule has 0 heterocycles. The van der Waals surface area contributed by atoms with Gasteiger partial charge in [0.25, 0.3) is 0 Å². The lowest BCUT2D eigenvalue weighted by molar-refractivity contribution is 0.979. The molecule has 1 heteroatoms. The zero-order valence-corrected chi connectivity index (χ0v) is 10.1. The third kappa shape index (κ3) is 2.13. The van der Waals surface area contributed by atoms with Crippen LogP contribution in [0.3, 0.4) is 0 Å². The van der Waals surface area contributed by atoms with E-state index in [1.54, 1.807) is 0 Å². The predicted octanol–water partition coefficient (Wildman–Crippen LogP) is 3.68. The van der Waals surface area contributed by atoms with Crippen molar-refractivity contribution in [1.29, 1.82) is 0 Å². The molecule has 0 saturated carbocycles. The second kappa shape index (κ2) is 4.63. The molecule has 0 fully saturated rings. The van der Waals surface area contributed by atoms with E-state index in [-0.39, 0.29) is 6.04 Å². The van der Waals surface area contributed by atoms with Gasteiger partial charge in [-0.15, -0.1) is 0 Å². The molecule has 0 radical (unpaired) electrons. The first-order chi connectivity index (χ1) is 8.83. The SMILES string of the molecule is NC1C=CC=CC1=Cc1ccc2ccccc2c1. The number of allylic oxidation sites excluding steroid dienone is 2. The van der Waals surface area contributed by atoms with Crippen LogP contribution < -0.4 is 5.73 Å². The average Bonchev–Trinajstić information content (AvgIpc) is 2.41. The molecule has 0 aromatic heterocycles. The third-order valence-electron chi connectivity index (χ3n) is 3.21. The second-order valence-corrected chi connectivity index (χ2v) is 4.52. The van der Waals surface area contributed by atoms with Gasteiger partial charge in [0.2, 0.25) is 0 Å². The zero-order valence-electron chi connectivity index (χ0n) is 10.1. The quantitative estimate of drug-likeness (QED) is 0.799. The van der Waals surface area contributed by atoms with Gasteiger partial charge in [-0.2, -0.15) is 0 Å². The number of benzene rings is 2. The molecule has 0 aliphatic heterocycles. The summed E-state index contributed by atoms with van der Waals surface area (Å²) in [6.45, 7) is 0. The van der Waals surface area contributed by atoms with E-state index in [0.717, 1.165) is 5.57 Å². The predicted molar refractivity (Wildman–Crippen MR) is 78.2 cm³/mol. The van der Waals surface area contributed by atoms with Crippen molar-refractivity contribution in [3.05, 3.63) is 77.9 Å². The molecule has 0 saturated heterocycles. The molecule has 2 aromatic carbocycles. The first-order valence-electron chi connectivity index (χ1n) is 6.14. The standard InChI is InChI=1S/C17H15N/c18-17-8-4-3-7-16(17)12-13-9-10-14-5-1-2-6-15(14)11-13/h1-12,17H,18H2. The van der Waals surface area contributed by atoms with Crippen LogP contribution in [-0.2, 0) is 0 Å². The Bertz CT molecular complexity index is 662. The van der Waals surface area contributed by atoms with Crippen LogP contribution in [0.5, 0.6) is 0 Å². The highest BCUT2D eigenvalue weighted by Crippen LogP contribution is 2.19. The van der Waals surface area contributed by atoms with Crippen LogP contribution in [0.4, 0.5) is 0 Å². The molecule has 0 bridgehead atoms. The van der Waals surface area contributed by atoms with Crippen molar-refractivity contribution in [3.8, 4) is 0 Å². The highest BCUT2D eigenvalue weighted by molar-refractivity contribution is 5.85. The first kappa shape index (κ1) is 11.0. The summed E-state index contributed by atoms with van der Waals surface area (Å²) in [4.78, 5) is 0. The summed E-state index contributed by atoms with van der Waals surface area (Å²) < 4.78 is 0. The van der Waals surface area contributed by atoms with Crippen LogP contribution in [0.25, 0.3) is 16.8 Å². The Morgan fingerprint density at radius 1 is 0.944 bits per heavy atom. The van der Waals surface area contributed by atoms with Gasteiger partial charge in [0.05, 0.1) is 0 Å². The Balaban J connectivity index is 2.02. The molecule has 1 aliphatic carbocycles. The van der Waals surface area contributed by atoms with Gasteiger partial charge in [-0.1, -0.05) is 60.7 Å². The fourth-order valence-electron chi connectivity index (χ4n) is 2.21. The van der Waals surface area contributed by atoms with Crippen molar-refractivity contribution in [3.63, 3.8) is 0 Å². The van der Waals surface area contributed by atoms with Crippen LogP contribution in [-0.4, -0.2) is 6.04 Å². The lowest BCUT2D eigenvalue weighted by atomic mass is 9.99. The monoisotopic (exact) mass is 233 g/mol. The van der Waals surface area contributed by atoms with Gasteiger partial charge in [0, 0.05) is 6.04 Å². The smallest absolute Gasteiger partial charge is 0.0484 e. The van der Waals surface area contributed by atoms with Crippen molar-refractivity contribution < 1.29 is 0 Å². The molecule has 0 amide bonds. The molecule has 1 nitrogen and oxygen atoms in total. The topological polar surface area (TPSA) is 26.0 Å². The molecule has 2 N–H and O–H groups in total. The third-order valence-corrected chi connectivity index (χ3v) is 3.21. The Labute approximate surface area is 107 Å². The summed E-state index contributed by atoms with van der Waals surface area (Å²) in [7, 11) is 0. The Morgan fingerprint density at radius 3 is 2.61 bits per heavy atom. The van der Waals surface area contributed by atoms with E-state index in [9.17, 15) is 0 Å². The summed E-state index contributed by atoms with van der Waals surface area (Å²) in [5.41, 5.74) is 8.37. The summed E-state index contributed by atoms with van der Waals surface area (Å²) in [6, 6.07) is 14.9. The summed E-state index contributed by atoms with van der Waals surface area (Å²) >= 11 is 0. The molecular formula is C17H15N. The van der Waals surface area contributed by atoms with E-state index >= 15 is 0 Å². The van der Waals surface area contributed by atoms with Crippen LogP contribution in [0.1, 0.15) is 5.56 Å². The molecule has 0 spiro atoms. The molecule has 1 aliphatic rings. The summed E-state index contributed by atoms with van der Waals surface area (Å²) in [6.07, 6.45) is 10.2. The van der Waals surface area contributed by atoms with Gasteiger partial charge in [-0.25, -0.2) is 0 Å². The Morgan fingerprint density at radius 2 is 1.78 bits per heavy atom. The maximum atomic E-state index is 6.03. The van der Waals surface area contributed by atoms with Gasteiger partial charge in [-0.05, 0) is 34.1 Å². The van der Waals surface area contributed by atoms with Crippen LogP contribution in [0.2, 0.25) is 0 Å². The zero-order chi connectivity index (χ0) is 12.4. The fraction of sp³-hybridized carbons (Fsp3) is 0.0588. The Kier molecular flexibility index (Phi) is 2.83. The van der Waals surface area contributed by atoms with Crippen molar-refractivity contribution in [2.75, 3.05) is 0 Å². The molecule has 88 valence electrons. The normalized spacial score (nSPS) is 20.7. The lowest BCUT2D eigenvalue weighted by Gasteiger charge is -2.11. The van der Waals surface area contributed by atoms with Gasteiger partial charge >= 0.3 is 0 Å². The van der Waals surface area contributed by atoms with Crippen LogP contribution in [0.15, 0.2) is 72.3 Å². The van der Waals surface area contributed by atoms with E-state index in [1.165, 1.54) is 16.3 Å². The van der Waals surface area contributed by atoms with Crippen molar-refractivity contribution >= 4 is 16.8 Å². The number of nitrogens with two attached hydrogens (primary N) is 1. The maximum Gasteiger partial charge on any atom is 0.0484 e. The van der Waals surface area contributed by atoms with E-state index in [4.69, 9.17) is 5.73 Å². The second-order valence-electron chi connectivity index (χ2n) is 4.52. The van der Waals surface area contributed by atoms with Gasteiger partial charge < -0.3 is 5.73 Å². The molecule has 3 rings (SSSR count). The molecular weight excluding hydrogens is 218 g/mol. The minimum Gasteiger partial charge on any atom is -0.321 e. The highest BCUT2D eigenvalue weighted by atomic mass is 14.6. The minimum absolute atomic E-state index is 0.00136. The number of fused-ring (bicyclic) bond motifs is 1. The molecule has 1 atom stereocenters. The maximum absolute atomic E-state index is 6.03. The van der Waals surface area contributed by atoms with E-state index in [2.05, 4.69) is 54.6 Å². The van der Waals surface area contributed by atoms with Gasteiger partial charge in [0.15, 0.2) is 0 Å². The molecule has 2 aromatic rings. The first-order valence-corrected chi connectivity index (χ1v) is 6.14. The van der Waals surface area contributed by atoms with E-state index in [0.29, 0.717) is 0 Å². The fourth-order valence-corrected chi connectivity index (χ4v) is 2.21. The summed E-state index contributed by atoms with van der Waals surface area (Å²) in [5.74, 6) is 0. The number of hydrogen-bond donors (Lipinski definition) is 1. The lowest BCUT2D eigenvalue weighted by Crippen LogP contribution is -2.19.